The minimum absolute atomic E-state index is 0.0494. The molecule has 2 aliphatic carbocycles. The number of carbonyl (C=O) groups is 1. The molecule has 2 aromatic carbocycles. The normalized spacial score (nSPS) is 26.9. The molecule has 2 bridgehead atoms. The molecule has 178 valence electrons. The van der Waals surface area contributed by atoms with E-state index in [4.69, 9.17) is 17.3 Å². The number of nitrogens with two attached hydrogens (primary N) is 1. The second-order valence-corrected chi connectivity index (χ2v) is 11.3. The summed E-state index contributed by atoms with van der Waals surface area (Å²) in [5.41, 5.74) is 4.16. The van der Waals surface area contributed by atoms with Crippen LogP contribution in [0.5, 0.6) is 0 Å². The Bertz CT molecular complexity index is 1190. The fourth-order valence-electron chi connectivity index (χ4n) is 5.15. The zero-order chi connectivity index (χ0) is 24.1. The standard InChI is InChI=1S/C22H22ClF3N2O4S/c23-15-4-3-11(21(29)28-14-6-16(24)19(26)17(25)7-14)5-18(15)33(31,32)20-12-1-2-13(20)9-22(30,8-12)10-27/h3-7,12-13,20,30H,1-2,8-10,27H2,(H,28,29)/t12?,13?,20-,22+. The van der Waals surface area contributed by atoms with Gasteiger partial charge >= 0.3 is 0 Å². The van der Waals surface area contributed by atoms with E-state index < -0.39 is 44.0 Å². The van der Waals surface area contributed by atoms with E-state index in [-0.39, 0.29) is 52.4 Å². The zero-order valence-corrected chi connectivity index (χ0v) is 18.9. The molecule has 0 heterocycles. The summed E-state index contributed by atoms with van der Waals surface area (Å²) in [6.07, 6.45) is 1.81. The Kier molecular flexibility index (Phi) is 6.24. The maximum absolute atomic E-state index is 13.6. The number of sulfone groups is 1. The van der Waals surface area contributed by atoms with Gasteiger partial charge in [0, 0.05) is 29.9 Å². The van der Waals surface area contributed by atoms with Gasteiger partial charge in [-0.25, -0.2) is 21.6 Å². The molecule has 2 aromatic rings. The van der Waals surface area contributed by atoms with Gasteiger partial charge in [0.1, 0.15) is 0 Å². The van der Waals surface area contributed by atoms with Gasteiger partial charge in [0.2, 0.25) is 0 Å². The average molecular weight is 503 g/mol. The van der Waals surface area contributed by atoms with Crippen molar-refractivity contribution < 1.29 is 31.5 Å². The van der Waals surface area contributed by atoms with Crippen LogP contribution in [0.4, 0.5) is 18.9 Å². The molecular weight excluding hydrogens is 481 g/mol. The number of carbonyl (C=O) groups excluding carboxylic acids is 1. The highest BCUT2D eigenvalue weighted by atomic mass is 35.5. The lowest BCUT2D eigenvalue weighted by Gasteiger charge is -2.40. The van der Waals surface area contributed by atoms with E-state index in [1.807, 2.05) is 0 Å². The Morgan fingerprint density at radius 3 is 2.24 bits per heavy atom. The summed E-state index contributed by atoms with van der Waals surface area (Å²) in [5, 5.41) is 12.0. The van der Waals surface area contributed by atoms with Crippen LogP contribution in [0.1, 0.15) is 36.0 Å². The molecule has 2 saturated carbocycles. The van der Waals surface area contributed by atoms with Crippen molar-refractivity contribution in [2.45, 2.75) is 41.4 Å². The summed E-state index contributed by atoms with van der Waals surface area (Å²) < 4.78 is 67.2. The van der Waals surface area contributed by atoms with Crippen LogP contribution in [-0.4, -0.2) is 36.8 Å². The second-order valence-electron chi connectivity index (χ2n) is 8.80. The van der Waals surface area contributed by atoms with E-state index in [0.29, 0.717) is 25.0 Å². The smallest absolute Gasteiger partial charge is 0.255 e. The lowest BCUT2D eigenvalue weighted by atomic mass is 9.77. The van der Waals surface area contributed by atoms with Gasteiger partial charge < -0.3 is 16.2 Å². The van der Waals surface area contributed by atoms with Crippen molar-refractivity contribution in [1.29, 1.82) is 0 Å². The fraction of sp³-hybridized carbons (Fsp3) is 0.409. The van der Waals surface area contributed by atoms with Crippen LogP contribution in [0, 0.1) is 29.3 Å². The van der Waals surface area contributed by atoms with Gasteiger partial charge in [0.25, 0.3) is 5.91 Å². The summed E-state index contributed by atoms with van der Waals surface area (Å²) in [4.78, 5) is 12.4. The Morgan fingerprint density at radius 1 is 1.12 bits per heavy atom. The first-order valence-corrected chi connectivity index (χ1v) is 12.3. The van der Waals surface area contributed by atoms with Gasteiger partial charge in [-0.2, -0.15) is 0 Å². The van der Waals surface area contributed by atoms with Crippen LogP contribution in [0.2, 0.25) is 5.02 Å². The van der Waals surface area contributed by atoms with E-state index >= 15 is 0 Å². The number of aliphatic hydroxyl groups is 1. The molecule has 2 aliphatic rings. The Balaban J connectivity index is 1.63. The van der Waals surface area contributed by atoms with Crippen LogP contribution >= 0.6 is 11.6 Å². The van der Waals surface area contributed by atoms with E-state index in [1.165, 1.54) is 12.1 Å². The Labute approximate surface area is 193 Å². The van der Waals surface area contributed by atoms with Crippen molar-refractivity contribution in [2.24, 2.45) is 17.6 Å². The number of rotatable bonds is 5. The average Bonchev–Trinajstić information content (AvgIpc) is 3.05. The highest BCUT2D eigenvalue weighted by molar-refractivity contribution is 7.92. The number of fused-ring (bicyclic) bond motifs is 2. The lowest BCUT2D eigenvalue weighted by molar-refractivity contribution is -0.0106. The molecular formula is C22H22ClF3N2O4S. The fourth-order valence-corrected chi connectivity index (χ4v) is 7.99. The monoisotopic (exact) mass is 502 g/mol. The third-order valence-corrected chi connectivity index (χ3v) is 9.48. The zero-order valence-electron chi connectivity index (χ0n) is 17.3. The molecule has 6 nitrogen and oxygen atoms in total. The van der Waals surface area contributed by atoms with Crippen molar-refractivity contribution in [3.8, 4) is 0 Å². The van der Waals surface area contributed by atoms with Gasteiger partial charge in [0.15, 0.2) is 27.3 Å². The van der Waals surface area contributed by atoms with Crippen molar-refractivity contribution in [1.82, 2.24) is 0 Å². The quantitative estimate of drug-likeness (QED) is 0.541. The lowest BCUT2D eigenvalue weighted by Crippen LogP contribution is -2.49. The summed E-state index contributed by atoms with van der Waals surface area (Å²) in [7, 11) is -3.97. The molecule has 0 aromatic heterocycles. The van der Waals surface area contributed by atoms with Gasteiger partial charge in [-0.1, -0.05) is 11.6 Å². The number of halogens is 4. The van der Waals surface area contributed by atoms with E-state index in [0.717, 1.165) is 6.07 Å². The number of anilines is 1. The summed E-state index contributed by atoms with van der Waals surface area (Å²) in [5.74, 6) is -6.05. The largest absolute Gasteiger partial charge is 0.389 e. The first-order valence-electron chi connectivity index (χ1n) is 10.4. The number of nitrogens with one attached hydrogen (secondary N) is 1. The predicted molar refractivity (Wildman–Crippen MR) is 116 cm³/mol. The SMILES string of the molecule is NC[C@]1(O)CC2CCC(C1)[C@@H]2S(=O)(=O)c1cc(C(=O)Nc2cc(F)c(F)c(F)c2)ccc1Cl. The molecule has 2 atom stereocenters. The summed E-state index contributed by atoms with van der Waals surface area (Å²) in [6.45, 7) is 0.0494. The third-order valence-electron chi connectivity index (χ3n) is 6.60. The summed E-state index contributed by atoms with van der Waals surface area (Å²) in [6, 6.07) is 4.88. The van der Waals surface area contributed by atoms with Gasteiger partial charge in [-0.15, -0.1) is 0 Å². The molecule has 33 heavy (non-hydrogen) atoms. The topological polar surface area (TPSA) is 109 Å². The number of amides is 1. The van der Waals surface area contributed by atoms with Gasteiger partial charge in [-0.05, 0) is 55.7 Å². The number of hydrogen-bond acceptors (Lipinski definition) is 5. The predicted octanol–water partition coefficient (Wildman–Crippen LogP) is 3.66. The number of hydrogen-bond donors (Lipinski definition) is 3. The van der Waals surface area contributed by atoms with Crippen molar-refractivity contribution in [2.75, 3.05) is 11.9 Å². The second kappa shape index (κ2) is 8.57. The molecule has 0 saturated heterocycles. The van der Waals surface area contributed by atoms with E-state index in [1.54, 1.807) is 0 Å². The molecule has 11 heteroatoms. The van der Waals surface area contributed by atoms with Crippen LogP contribution in [-0.2, 0) is 9.84 Å². The molecule has 4 N–H and O–H groups in total. The first-order chi connectivity index (χ1) is 15.4. The van der Waals surface area contributed by atoms with Crippen molar-refractivity contribution in [3.05, 3.63) is 58.4 Å². The van der Waals surface area contributed by atoms with Crippen molar-refractivity contribution >= 4 is 33.0 Å². The Hall–Kier alpha value is -2.14. The number of benzene rings is 2. The van der Waals surface area contributed by atoms with Crippen molar-refractivity contribution in [3.63, 3.8) is 0 Å². The van der Waals surface area contributed by atoms with Gasteiger partial charge in [-0.3, -0.25) is 4.79 Å². The highest BCUT2D eigenvalue weighted by Gasteiger charge is 2.53. The molecule has 0 aliphatic heterocycles. The minimum atomic E-state index is -3.97. The van der Waals surface area contributed by atoms with Gasteiger partial charge in [0.05, 0.1) is 20.8 Å². The van der Waals surface area contributed by atoms with E-state index in [2.05, 4.69) is 5.32 Å². The molecule has 1 amide bonds. The molecule has 0 radical (unpaired) electrons. The van der Waals surface area contributed by atoms with Crippen LogP contribution in [0.3, 0.4) is 0 Å². The maximum Gasteiger partial charge on any atom is 0.255 e. The molecule has 4 rings (SSSR count). The van der Waals surface area contributed by atoms with Crippen LogP contribution in [0.25, 0.3) is 0 Å². The van der Waals surface area contributed by atoms with E-state index in [9.17, 15) is 31.5 Å². The summed E-state index contributed by atoms with van der Waals surface area (Å²) >= 11 is 6.20. The molecule has 2 fully saturated rings. The highest BCUT2D eigenvalue weighted by Crippen LogP contribution is 2.51. The first kappa shape index (κ1) is 24.0. The molecule has 2 unspecified atom stereocenters. The maximum atomic E-state index is 13.6. The van der Waals surface area contributed by atoms with Crippen LogP contribution in [0.15, 0.2) is 35.2 Å². The minimum Gasteiger partial charge on any atom is -0.389 e. The third kappa shape index (κ3) is 4.37. The molecule has 0 spiro atoms. The Morgan fingerprint density at radius 2 is 1.70 bits per heavy atom. The van der Waals surface area contributed by atoms with Crippen LogP contribution < -0.4 is 11.1 Å².